The lowest BCUT2D eigenvalue weighted by atomic mass is 10.2. The second-order valence-electron chi connectivity index (χ2n) is 7.10. The van der Waals surface area contributed by atoms with Crippen molar-refractivity contribution in [3.05, 3.63) is 99.3 Å². The highest BCUT2D eigenvalue weighted by atomic mass is 16.5. The highest BCUT2D eigenvalue weighted by Crippen LogP contribution is 2.23. The summed E-state index contributed by atoms with van der Waals surface area (Å²) in [6.45, 7) is 2.09. The molecule has 2 heterocycles. The number of carbonyl (C=O) groups excluding carboxylic acids is 1. The van der Waals surface area contributed by atoms with Crippen molar-refractivity contribution in [1.29, 1.82) is 0 Å². The van der Waals surface area contributed by atoms with Crippen LogP contribution in [0.2, 0.25) is 0 Å². The molecule has 0 radical (unpaired) electrons. The maximum absolute atomic E-state index is 13.2. The number of para-hydroxylation sites is 2. The minimum Gasteiger partial charge on any atom is -0.492 e. The predicted octanol–water partition coefficient (Wildman–Crippen LogP) is 2.64. The van der Waals surface area contributed by atoms with Crippen molar-refractivity contribution < 1.29 is 9.53 Å². The molecule has 1 N–H and O–H groups in total. The van der Waals surface area contributed by atoms with Gasteiger partial charge in [-0.2, -0.15) is 0 Å². The molecule has 1 amide bonds. The molecule has 162 valence electrons. The third-order valence-corrected chi connectivity index (χ3v) is 4.93. The van der Waals surface area contributed by atoms with Crippen LogP contribution in [-0.4, -0.2) is 26.6 Å². The molecule has 0 aliphatic heterocycles. The molecule has 0 aliphatic carbocycles. The first-order valence-electron chi connectivity index (χ1n) is 10.2. The van der Waals surface area contributed by atoms with Crippen LogP contribution in [-0.2, 0) is 17.9 Å². The van der Waals surface area contributed by atoms with E-state index in [1.165, 1.54) is 10.8 Å². The molecule has 32 heavy (non-hydrogen) atoms. The van der Waals surface area contributed by atoms with Crippen molar-refractivity contribution in [2.75, 3.05) is 11.9 Å². The van der Waals surface area contributed by atoms with E-state index in [2.05, 4.69) is 10.3 Å². The van der Waals surface area contributed by atoms with Gasteiger partial charge in [-0.15, -0.1) is 0 Å². The number of hydrogen-bond acceptors (Lipinski definition) is 5. The van der Waals surface area contributed by atoms with E-state index in [0.29, 0.717) is 18.0 Å². The molecule has 4 rings (SSSR count). The summed E-state index contributed by atoms with van der Waals surface area (Å²) in [6, 6.07) is 19.5. The summed E-state index contributed by atoms with van der Waals surface area (Å²) in [5.74, 6) is 0.101. The molecule has 8 nitrogen and oxygen atoms in total. The van der Waals surface area contributed by atoms with Crippen molar-refractivity contribution in [3.8, 4) is 5.75 Å². The highest BCUT2D eigenvalue weighted by molar-refractivity contribution is 5.92. The molecule has 0 unspecified atom stereocenters. The maximum Gasteiger partial charge on any atom is 0.333 e. The molecule has 0 aliphatic rings. The zero-order valence-corrected chi connectivity index (χ0v) is 17.5. The van der Waals surface area contributed by atoms with Crippen LogP contribution in [0.4, 0.5) is 5.69 Å². The number of benzene rings is 2. The van der Waals surface area contributed by atoms with Crippen LogP contribution in [0.25, 0.3) is 11.0 Å². The second kappa shape index (κ2) is 9.30. The number of rotatable bonds is 7. The Bertz CT molecular complexity index is 1380. The monoisotopic (exact) mass is 430 g/mol. The van der Waals surface area contributed by atoms with Crippen LogP contribution in [0.3, 0.4) is 0 Å². The van der Waals surface area contributed by atoms with Crippen molar-refractivity contribution in [3.63, 3.8) is 0 Å². The van der Waals surface area contributed by atoms with Crippen molar-refractivity contribution >= 4 is 22.6 Å². The van der Waals surface area contributed by atoms with Crippen molar-refractivity contribution in [1.82, 2.24) is 14.1 Å². The summed E-state index contributed by atoms with van der Waals surface area (Å²) >= 11 is 0. The Morgan fingerprint density at radius 3 is 2.50 bits per heavy atom. The van der Waals surface area contributed by atoms with Gasteiger partial charge in [0, 0.05) is 6.20 Å². The lowest BCUT2D eigenvalue weighted by Crippen LogP contribution is -2.42. The zero-order chi connectivity index (χ0) is 22.5. The number of ether oxygens (including phenoxy) is 1. The van der Waals surface area contributed by atoms with E-state index in [0.717, 1.165) is 10.1 Å². The lowest BCUT2D eigenvalue weighted by Gasteiger charge is -2.15. The Morgan fingerprint density at radius 2 is 1.72 bits per heavy atom. The van der Waals surface area contributed by atoms with Crippen molar-refractivity contribution in [2.24, 2.45) is 0 Å². The summed E-state index contributed by atoms with van der Waals surface area (Å²) in [5, 5.41) is 3.05. The molecule has 0 bridgehead atoms. The Balaban J connectivity index is 1.73. The summed E-state index contributed by atoms with van der Waals surface area (Å²) in [5.41, 5.74) is 0.428. The minimum atomic E-state index is -0.599. The quantitative estimate of drug-likeness (QED) is 0.486. The number of pyridine rings is 1. The largest absolute Gasteiger partial charge is 0.492 e. The molecule has 0 saturated heterocycles. The molecule has 2 aromatic heterocycles. The summed E-state index contributed by atoms with van der Waals surface area (Å²) in [4.78, 5) is 43.3. The molecule has 8 heteroatoms. The maximum atomic E-state index is 13.2. The average Bonchev–Trinajstić information content (AvgIpc) is 2.81. The van der Waals surface area contributed by atoms with Gasteiger partial charge in [0.15, 0.2) is 0 Å². The van der Waals surface area contributed by atoms with E-state index in [9.17, 15) is 14.4 Å². The smallest absolute Gasteiger partial charge is 0.333 e. The van der Waals surface area contributed by atoms with Crippen LogP contribution >= 0.6 is 0 Å². The third-order valence-electron chi connectivity index (χ3n) is 4.93. The van der Waals surface area contributed by atoms with E-state index in [1.54, 1.807) is 30.3 Å². The molecule has 0 atom stereocenters. The predicted molar refractivity (Wildman–Crippen MR) is 122 cm³/mol. The van der Waals surface area contributed by atoms with Gasteiger partial charge in [-0.25, -0.2) is 9.78 Å². The van der Waals surface area contributed by atoms with E-state index in [4.69, 9.17) is 4.74 Å². The van der Waals surface area contributed by atoms with Crippen LogP contribution < -0.4 is 21.3 Å². The fraction of sp³-hybridized carbons (Fsp3) is 0.167. The summed E-state index contributed by atoms with van der Waals surface area (Å²) < 4.78 is 7.89. The van der Waals surface area contributed by atoms with Gasteiger partial charge in [0.05, 0.1) is 24.2 Å². The van der Waals surface area contributed by atoms with E-state index in [1.807, 2.05) is 43.3 Å². The fourth-order valence-electron chi connectivity index (χ4n) is 3.48. The summed E-state index contributed by atoms with van der Waals surface area (Å²) in [6.07, 6.45) is 1.49. The van der Waals surface area contributed by atoms with Gasteiger partial charge < -0.3 is 10.1 Å². The van der Waals surface area contributed by atoms with Gasteiger partial charge >= 0.3 is 5.69 Å². The molecule has 4 aromatic rings. The Hall–Kier alpha value is -4.20. The number of amides is 1. The van der Waals surface area contributed by atoms with E-state index < -0.39 is 17.2 Å². The number of nitrogens with zero attached hydrogens (tertiary/aromatic N) is 3. The van der Waals surface area contributed by atoms with Crippen LogP contribution in [0, 0.1) is 0 Å². The number of nitrogens with one attached hydrogen (secondary N) is 1. The number of anilines is 1. The normalized spacial score (nSPS) is 10.8. The Kier molecular flexibility index (Phi) is 6.12. The highest BCUT2D eigenvalue weighted by Gasteiger charge is 2.17. The van der Waals surface area contributed by atoms with Crippen LogP contribution in [0.5, 0.6) is 5.75 Å². The number of hydrogen-bond donors (Lipinski definition) is 1. The van der Waals surface area contributed by atoms with Crippen LogP contribution in [0.15, 0.2) is 82.5 Å². The van der Waals surface area contributed by atoms with E-state index >= 15 is 0 Å². The Labute approximate surface area is 183 Å². The van der Waals surface area contributed by atoms with Gasteiger partial charge in [-0.1, -0.05) is 42.5 Å². The number of aromatic nitrogens is 3. The van der Waals surface area contributed by atoms with Gasteiger partial charge in [-0.05, 0) is 36.8 Å². The Morgan fingerprint density at radius 1 is 0.969 bits per heavy atom. The SMILES string of the molecule is CCOc1ccccc1NC(=O)Cn1c(=O)n(Cc2ccccc2)c(=O)c2cccnc21. The molecule has 0 fully saturated rings. The molecule has 0 spiro atoms. The number of fused-ring (bicyclic) bond motifs is 1. The standard InChI is InChI=1S/C24H22N4O4/c1-2-32-20-13-7-6-12-19(20)26-21(29)16-27-22-18(11-8-14-25-22)23(30)28(24(27)31)15-17-9-4-3-5-10-17/h3-14H,2,15-16H2,1H3,(H,26,29). The lowest BCUT2D eigenvalue weighted by molar-refractivity contribution is -0.116. The number of carbonyl (C=O) groups is 1. The molecule has 2 aromatic carbocycles. The molecular formula is C24H22N4O4. The second-order valence-corrected chi connectivity index (χ2v) is 7.10. The summed E-state index contributed by atoms with van der Waals surface area (Å²) in [7, 11) is 0. The van der Waals surface area contributed by atoms with Crippen molar-refractivity contribution in [2.45, 2.75) is 20.0 Å². The molecule has 0 saturated carbocycles. The van der Waals surface area contributed by atoms with Gasteiger partial charge in [0.25, 0.3) is 5.56 Å². The fourth-order valence-corrected chi connectivity index (χ4v) is 3.48. The van der Waals surface area contributed by atoms with Gasteiger partial charge in [0.1, 0.15) is 17.9 Å². The average molecular weight is 430 g/mol. The topological polar surface area (TPSA) is 95.2 Å². The first kappa shape index (κ1) is 21.0. The first-order chi connectivity index (χ1) is 15.6. The van der Waals surface area contributed by atoms with Gasteiger partial charge in [0.2, 0.25) is 5.91 Å². The molecular weight excluding hydrogens is 408 g/mol. The van der Waals surface area contributed by atoms with Crippen LogP contribution in [0.1, 0.15) is 12.5 Å². The van der Waals surface area contributed by atoms with Gasteiger partial charge in [-0.3, -0.25) is 18.7 Å². The zero-order valence-electron chi connectivity index (χ0n) is 17.5. The minimum absolute atomic E-state index is 0.0954. The first-order valence-corrected chi connectivity index (χ1v) is 10.2. The van der Waals surface area contributed by atoms with E-state index in [-0.39, 0.29) is 24.1 Å². The third kappa shape index (κ3) is 4.29.